The molecule has 0 aromatic heterocycles. The van der Waals surface area contributed by atoms with E-state index in [4.69, 9.17) is 5.73 Å². The van der Waals surface area contributed by atoms with E-state index in [1.807, 2.05) is 0 Å². The molecule has 0 saturated carbocycles. The summed E-state index contributed by atoms with van der Waals surface area (Å²) in [5.74, 6) is -1.07. The third-order valence-corrected chi connectivity index (χ3v) is 1.97. The molecule has 0 radical (unpaired) electrons. The van der Waals surface area contributed by atoms with Crippen molar-refractivity contribution in [3.05, 3.63) is 0 Å². The zero-order valence-electron chi connectivity index (χ0n) is 9.37. The maximum absolute atomic E-state index is 11.3. The summed E-state index contributed by atoms with van der Waals surface area (Å²) in [6.07, 6.45) is 0.509. The van der Waals surface area contributed by atoms with Crippen LogP contribution in [0.25, 0.3) is 0 Å². The highest BCUT2D eigenvalue weighted by molar-refractivity contribution is 5.87. The molecule has 0 rings (SSSR count). The minimum Gasteiger partial charge on any atom is -0.368 e. The first kappa shape index (κ1) is 13.6. The first-order chi connectivity index (χ1) is 6.84. The molecule has 0 spiro atoms. The third kappa shape index (κ3) is 5.83. The van der Waals surface area contributed by atoms with Gasteiger partial charge in [0.2, 0.25) is 11.8 Å². The molecule has 5 heteroatoms. The van der Waals surface area contributed by atoms with Gasteiger partial charge in [-0.25, -0.2) is 0 Å². The number of nitrogens with two attached hydrogens (primary N) is 1. The second kappa shape index (κ2) is 6.16. The number of rotatable bonds is 6. The minimum absolute atomic E-state index is 0.0277. The van der Waals surface area contributed by atoms with Crippen LogP contribution in [0.1, 0.15) is 33.6 Å². The lowest BCUT2D eigenvalue weighted by atomic mass is 10.1. The van der Waals surface area contributed by atoms with Crippen molar-refractivity contribution in [2.45, 2.75) is 39.7 Å². The SMILES string of the molecule is CC(=O)CC[C@@H](NC(=O)C(C)C)C(N)=O. The quantitative estimate of drug-likeness (QED) is 0.651. The van der Waals surface area contributed by atoms with Crippen LogP contribution in [0, 0.1) is 5.92 Å². The van der Waals surface area contributed by atoms with E-state index in [-0.39, 0.29) is 30.4 Å². The van der Waals surface area contributed by atoms with Crippen molar-refractivity contribution in [1.29, 1.82) is 0 Å². The Bertz CT molecular complexity index is 261. The predicted octanol–water partition coefficient (Wildman–Crippen LogP) is -0.0183. The number of carbonyl (C=O) groups excluding carboxylic acids is 3. The second-order valence-electron chi connectivity index (χ2n) is 3.86. The van der Waals surface area contributed by atoms with Crippen LogP contribution in [-0.2, 0) is 14.4 Å². The Kier molecular flexibility index (Phi) is 5.59. The van der Waals surface area contributed by atoms with E-state index in [2.05, 4.69) is 5.32 Å². The molecule has 2 amide bonds. The van der Waals surface area contributed by atoms with Crippen LogP contribution in [0.4, 0.5) is 0 Å². The summed E-state index contributed by atoms with van der Waals surface area (Å²) in [5, 5.41) is 2.51. The van der Waals surface area contributed by atoms with Crippen molar-refractivity contribution in [2.75, 3.05) is 0 Å². The predicted molar refractivity (Wildman–Crippen MR) is 55.9 cm³/mol. The first-order valence-corrected chi connectivity index (χ1v) is 4.93. The molecule has 0 unspecified atom stereocenters. The molecular formula is C10H18N2O3. The number of hydrogen-bond donors (Lipinski definition) is 2. The lowest BCUT2D eigenvalue weighted by molar-refractivity contribution is -0.129. The van der Waals surface area contributed by atoms with Crippen LogP contribution in [0.3, 0.4) is 0 Å². The minimum atomic E-state index is -0.746. The van der Waals surface area contributed by atoms with Gasteiger partial charge in [0.1, 0.15) is 11.8 Å². The molecule has 0 aliphatic rings. The monoisotopic (exact) mass is 214 g/mol. The fourth-order valence-corrected chi connectivity index (χ4v) is 0.972. The van der Waals surface area contributed by atoms with Crippen LogP contribution in [0.15, 0.2) is 0 Å². The number of ketones is 1. The van der Waals surface area contributed by atoms with Crippen LogP contribution in [0.2, 0.25) is 0 Å². The van der Waals surface area contributed by atoms with E-state index < -0.39 is 11.9 Å². The van der Waals surface area contributed by atoms with Crippen molar-refractivity contribution >= 4 is 17.6 Å². The van der Waals surface area contributed by atoms with Crippen molar-refractivity contribution in [3.63, 3.8) is 0 Å². The summed E-state index contributed by atoms with van der Waals surface area (Å²) in [6, 6.07) is -0.746. The Labute approximate surface area is 89.4 Å². The maximum atomic E-state index is 11.3. The number of Topliss-reactive ketones (excluding diaryl/α,β-unsaturated/α-hetero) is 1. The van der Waals surface area contributed by atoms with Gasteiger partial charge < -0.3 is 15.8 Å². The molecule has 0 aromatic carbocycles. The molecule has 0 heterocycles. The zero-order valence-corrected chi connectivity index (χ0v) is 9.37. The molecule has 0 aliphatic carbocycles. The van der Waals surface area contributed by atoms with Gasteiger partial charge in [0.15, 0.2) is 0 Å². The van der Waals surface area contributed by atoms with E-state index >= 15 is 0 Å². The van der Waals surface area contributed by atoms with E-state index in [9.17, 15) is 14.4 Å². The van der Waals surface area contributed by atoms with Crippen LogP contribution >= 0.6 is 0 Å². The van der Waals surface area contributed by atoms with Gasteiger partial charge in [-0.3, -0.25) is 9.59 Å². The second-order valence-corrected chi connectivity index (χ2v) is 3.86. The third-order valence-electron chi connectivity index (χ3n) is 1.97. The van der Waals surface area contributed by atoms with Gasteiger partial charge in [-0.2, -0.15) is 0 Å². The summed E-state index contributed by atoms with van der Waals surface area (Å²) in [6.45, 7) is 4.87. The molecule has 0 saturated heterocycles. The summed E-state index contributed by atoms with van der Waals surface area (Å²) in [7, 11) is 0. The highest BCUT2D eigenvalue weighted by Gasteiger charge is 2.19. The van der Waals surface area contributed by atoms with Gasteiger partial charge in [0.25, 0.3) is 0 Å². The molecule has 3 N–H and O–H groups in total. The van der Waals surface area contributed by atoms with Crippen LogP contribution in [-0.4, -0.2) is 23.6 Å². The Hall–Kier alpha value is -1.39. The molecule has 0 bridgehead atoms. The highest BCUT2D eigenvalue weighted by Crippen LogP contribution is 2.00. The van der Waals surface area contributed by atoms with Gasteiger partial charge in [0.05, 0.1) is 0 Å². The topological polar surface area (TPSA) is 89.3 Å². The summed E-state index contributed by atoms with van der Waals surface area (Å²) < 4.78 is 0. The van der Waals surface area contributed by atoms with Crippen molar-refractivity contribution in [3.8, 4) is 0 Å². The number of amides is 2. The lowest BCUT2D eigenvalue weighted by Crippen LogP contribution is -2.46. The van der Waals surface area contributed by atoms with E-state index in [1.165, 1.54) is 6.92 Å². The Morgan fingerprint density at radius 1 is 1.27 bits per heavy atom. The molecule has 15 heavy (non-hydrogen) atoms. The summed E-state index contributed by atoms with van der Waals surface area (Å²) >= 11 is 0. The number of nitrogens with one attached hydrogen (secondary N) is 1. The van der Waals surface area contributed by atoms with E-state index in [0.29, 0.717) is 0 Å². The molecule has 0 fully saturated rings. The van der Waals surface area contributed by atoms with Gasteiger partial charge in [0, 0.05) is 12.3 Å². The van der Waals surface area contributed by atoms with E-state index in [1.54, 1.807) is 13.8 Å². The molecule has 5 nitrogen and oxygen atoms in total. The Morgan fingerprint density at radius 2 is 1.80 bits per heavy atom. The van der Waals surface area contributed by atoms with Gasteiger partial charge in [-0.15, -0.1) is 0 Å². The largest absolute Gasteiger partial charge is 0.368 e. The summed E-state index contributed by atoms with van der Waals surface area (Å²) in [5.41, 5.74) is 5.11. The normalized spacial score (nSPS) is 12.3. The van der Waals surface area contributed by atoms with E-state index in [0.717, 1.165) is 0 Å². The van der Waals surface area contributed by atoms with Gasteiger partial charge >= 0.3 is 0 Å². The number of primary amides is 1. The molecular weight excluding hydrogens is 196 g/mol. The standard InChI is InChI=1S/C10H18N2O3/c1-6(2)10(15)12-8(9(11)14)5-4-7(3)13/h6,8H,4-5H2,1-3H3,(H2,11,14)(H,12,15)/t8-/m1/s1. The highest BCUT2D eigenvalue weighted by atomic mass is 16.2. The van der Waals surface area contributed by atoms with Crippen molar-refractivity contribution in [1.82, 2.24) is 5.32 Å². The number of carbonyl (C=O) groups is 3. The molecule has 86 valence electrons. The Balaban J connectivity index is 4.22. The Morgan fingerprint density at radius 3 is 2.13 bits per heavy atom. The zero-order chi connectivity index (χ0) is 12.0. The average molecular weight is 214 g/mol. The van der Waals surface area contributed by atoms with Gasteiger partial charge in [-0.1, -0.05) is 13.8 Å². The smallest absolute Gasteiger partial charge is 0.240 e. The fraction of sp³-hybridized carbons (Fsp3) is 0.700. The van der Waals surface area contributed by atoms with Gasteiger partial charge in [-0.05, 0) is 13.3 Å². The van der Waals surface area contributed by atoms with Crippen LogP contribution in [0.5, 0.6) is 0 Å². The first-order valence-electron chi connectivity index (χ1n) is 4.93. The van der Waals surface area contributed by atoms with Crippen LogP contribution < -0.4 is 11.1 Å². The fourth-order valence-electron chi connectivity index (χ4n) is 0.972. The number of hydrogen-bond acceptors (Lipinski definition) is 3. The molecule has 0 aliphatic heterocycles. The summed E-state index contributed by atoms with van der Waals surface area (Å²) in [4.78, 5) is 33.0. The molecule has 1 atom stereocenters. The van der Waals surface area contributed by atoms with Crippen molar-refractivity contribution in [2.24, 2.45) is 11.7 Å². The molecule has 0 aromatic rings. The maximum Gasteiger partial charge on any atom is 0.240 e. The lowest BCUT2D eigenvalue weighted by Gasteiger charge is -2.16. The van der Waals surface area contributed by atoms with Crippen molar-refractivity contribution < 1.29 is 14.4 Å². The average Bonchev–Trinajstić information content (AvgIpc) is 2.10.